The fraction of sp³-hybridized carbons (Fsp3) is 0.333. The van der Waals surface area contributed by atoms with Gasteiger partial charge in [0.15, 0.2) is 6.10 Å². The number of nitrogens with one attached hydrogen (secondary N) is 1. The lowest BCUT2D eigenvalue weighted by atomic mass is 9.97. The maximum Gasteiger partial charge on any atom is 0.311 e. The Labute approximate surface area is 163 Å². The van der Waals surface area contributed by atoms with Crippen LogP contribution < -0.4 is 5.32 Å². The molecule has 0 bridgehead atoms. The highest BCUT2D eigenvalue weighted by Gasteiger charge is 2.21. The normalized spacial score (nSPS) is 12.9. The van der Waals surface area contributed by atoms with E-state index >= 15 is 0 Å². The van der Waals surface area contributed by atoms with Crippen molar-refractivity contribution in [2.24, 2.45) is 0 Å². The summed E-state index contributed by atoms with van der Waals surface area (Å²) in [6.07, 6.45) is -0.430. The molecule has 0 aliphatic carbocycles. The molecule has 2 aromatic rings. The van der Waals surface area contributed by atoms with E-state index in [1.807, 2.05) is 24.3 Å². The molecule has 1 amide bonds. The Bertz CT molecular complexity index is 805. The summed E-state index contributed by atoms with van der Waals surface area (Å²) >= 11 is 5.91. The number of esters is 1. The lowest BCUT2D eigenvalue weighted by Crippen LogP contribution is -2.31. The van der Waals surface area contributed by atoms with Gasteiger partial charge in [0.2, 0.25) is 0 Å². The first-order valence-corrected chi connectivity index (χ1v) is 9.23. The minimum Gasteiger partial charge on any atom is -0.452 e. The van der Waals surface area contributed by atoms with Crippen molar-refractivity contribution in [3.05, 3.63) is 64.4 Å². The number of halogens is 2. The highest BCUT2D eigenvalue weighted by molar-refractivity contribution is 6.31. The summed E-state index contributed by atoms with van der Waals surface area (Å²) in [6, 6.07) is 11.7. The Morgan fingerprint density at radius 3 is 2.52 bits per heavy atom. The second-order valence-corrected chi connectivity index (χ2v) is 6.80. The minimum absolute atomic E-state index is 0.0545. The number of hydrogen-bond acceptors (Lipinski definition) is 3. The predicted molar refractivity (Wildman–Crippen MR) is 104 cm³/mol. The van der Waals surface area contributed by atoms with Crippen LogP contribution in [0.15, 0.2) is 42.5 Å². The maximum atomic E-state index is 13.8. The van der Waals surface area contributed by atoms with Gasteiger partial charge in [0.1, 0.15) is 5.82 Å². The van der Waals surface area contributed by atoms with Crippen LogP contribution in [0.4, 0.5) is 10.1 Å². The SMILES string of the molecule is CC[C@H](C)c1ccccc1NC(=O)[C@H](C)OC(=O)Cc1c(F)cccc1Cl. The van der Waals surface area contributed by atoms with E-state index in [1.54, 1.807) is 0 Å². The van der Waals surface area contributed by atoms with Crippen LogP contribution >= 0.6 is 11.6 Å². The summed E-state index contributed by atoms with van der Waals surface area (Å²) in [5, 5.41) is 2.95. The molecule has 0 saturated heterocycles. The summed E-state index contributed by atoms with van der Waals surface area (Å²) in [5.41, 5.74) is 1.76. The Morgan fingerprint density at radius 2 is 1.85 bits per heavy atom. The van der Waals surface area contributed by atoms with Crippen molar-refractivity contribution in [3.63, 3.8) is 0 Å². The number of benzene rings is 2. The van der Waals surface area contributed by atoms with E-state index in [0.717, 1.165) is 12.0 Å². The molecule has 1 N–H and O–H groups in total. The predicted octanol–water partition coefficient (Wildman–Crippen LogP) is 5.11. The first-order valence-electron chi connectivity index (χ1n) is 8.85. The Kier molecular flexibility index (Phi) is 7.36. The lowest BCUT2D eigenvalue weighted by Gasteiger charge is -2.18. The van der Waals surface area contributed by atoms with Gasteiger partial charge in [-0.2, -0.15) is 0 Å². The highest BCUT2D eigenvalue weighted by Crippen LogP contribution is 2.26. The fourth-order valence-corrected chi connectivity index (χ4v) is 2.86. The summed E-state index contributed by atoms with van der Waals surface area (Å²) in [4.78, 5) is 24.5. The molecule has 0 fully saturated rings. The van der Waals surface area contributed by atoms with E-state index < -0.39 is 23.8 Å². The van der Waals surface area contributed by atoms with Crippen molar-refractivity contribution in [2.75, 3.05) is 5.32 Å². The zero-order valence-corrected chi connectivity index (χ0v) is 16.3. The zero-order valence-electron chi connectivity index (χ0n) is 15.6. The fourth-order valence-electron chi connectivity index (χ4n) is 2.63. The number of rotatable bonds is 7. The molecule has 0 heterocycles. The van der Waals surface area contributed by atoms with Gasteiger partial charge in [-0.3, -0.25) is 9.59 Å². The number of hydrogen-bond donors (Lipinski definition) is 1. The number of carbonyl (C=O) groups excluding carboxylic acids is 2. The second kappa shape index (κ2) is 9.51. The Hall–Kier alpha value is -2.40. The van der Waals surface area contributed by atoms with Gasteiger partial charge in [-0.25, -0.2) is 4.39 Å². The van der Waals surface area contributed by atoms with Crippen molar-refractivity contribution >= 4 is 29.2 Å². The third-order valence-corrected chi connectivity index (χ3v) is 4.78. The van der Waals surface area contributed by atoms with Gasteiger partial charge in [0.25, 0.3) is 5.91 Å². The summed E-state index contributed by atoms with van der Waals surface area (Å²) in [5.74, 6) is -1.47. The van der Waals surface area contributed by atoms with E-state index in [1.165, 1.54) is 25.1 Å². The molecule has 0 spiro atoms. The molecule has 2 aromatic carbocycles. The average Bonchev–Trinajstić information content (AvgIpc) is 2.64. The number of amides is 1. The topological polar surface area (TPSA) is 55.4 Å². The molecule has 0 unspecified atom stereocenters. The largest absolute Gasteiger partial charge is 0.452 e. The standard InChI is InChI=1S/C21H23ClFNO3/c1-4-13(2)15-8-5-6-11-19(15)24-21(26)14(3)27-20(25)12-16-17(22)9-7-10-18(16)23/h5-11,13-14H,4,12H2,1-3H3,(H,24,26)/t13-,14-/m0/s1. The molecule has 144 valence electrons. The van der Waals surface area contributed by atoms with Gasteiger partial charge >= 0.3 is 5.97 Å². The van der Waals surface area contributed by atoms with Crippen molar-refractivity contribution < 1.29 is 18.7 Å². The summed E-state index contributed by atoms with van der Waals surface area (Å²) in [6.45, 7) is 5.62. The van der Waals surface area contributed by atoms with Gasteiger partial charge in [-0.15, -0.1) is 0 Å². The van der Waals surface area contributed by atoms with E-state index in [9.17, 15) is 14.0 Å². The average molecular weight is 392 g/mol. The first kappa shape index (κ1) is 20.9. The molecule has 0 saturated carbocycles. The number of ether oxygens (including phenoxy) is 1. The molecule has 4 nitrogen and oxygen atoms in total. The maximum absolute atomic E-state index is 13.8. The molecule has 6 heteroatoms. The van der Waals surface area contributed by atoms with Gasteiger partial charge in [0, 0.05) is 16.3 Å². The van der Waals surface area contributed by atoms with Crippen LogP contribution in [-0.4, -0.2) is 18.0 Å². The lowest BCUT2D eigenvalue weighted by molar-refractivity contribution is -0.152. The Balaban J connectivity index is 2.01. The van der Waals surface area contributed by atoms with Crippen LogP contribution in [0.3, 0.4) is 0 Å². The summed E-state index contributed by atoms with van der Waals surface area (Å²) in [7, 11) is 0. The Morgan fingerprint density at radius 1 is 1.15 bits per heavy atom. The van der Waals surface area contributed by atoms with Crippen LogP contribution in [0.2, 0.25) is 5.02 Å². The zero-order chi connectivity index (χ0) is 20.0. The molecular weight excluding hydrogens is 369 g/mol. The molecule has 0 aliphatic rings. The molecule has 0 aliphatic heterocycles. The van der Waals surface area contributed by atoms with Crippen LogP contribution in [0.1, 0.15) is 44.2 Å². The summed E-state index contributed by atoms with van der Waals surface area (Å²) < 4.78 is 18.9. The van der Waals surface area contributed by atoms with E-state index in [4.69, 9.17) is 16.3 Å². The van der Waals surface area contributed by atoms with Gasteiger partial charge in [0.05, 0.1) is 6.42 Å². The quantitative estimate of drug-likeness (QED) is 0.667. The van der Waals surface area contributed by atoms with Gasteiger partial charge in [-0.05, 0) is 43.0 Å². The number of para-hydroxylation sites is 1. The monoisotopic (exact) mass is 391 g/mol. The van der Waals surface area contributed by atoms with E-state index in [2.05, 4.69) is 19.2 Å². The van der Waals surface area contributed by atoms with E-state index in [0.29, 0.717) is 5.69 Å². The number of anilines is 1. The minimum atomic E-state index is -1.02. The molecular formula is C21H23ClFNO3. The third-order valence-electron chi connectivity index (χ3n) is 4.42. The third kappa shape index (κ3) is 5.54. The van der Waals surface area contributed by atoms with Crippen LogP contribution in [0.25, 0.3) is 0 Å². The molecule has 2 atom stereocenters. The molecule has 27 heavy (non-hydrogen) atoms. The van der Waals surface area contributed by atoms with Crippen LogP contribution in [-0.2, 0) is 20.7 Å². The van der Waals surface area contributed by atoms with Crippen molar-refractivity contribution in [1.29, 1.82) is 0 Å². The van der Waals surface area contributed by atoms with Crippen molar-refractivity contribution in [3.8, 4) is 0 Å². The van der Waals surface area contributed by atoms with Crippen molar-refractivity contribution in [2.45, 2.75) is 45.6 Å². The second-order valence-electron chi connectivity index (χ2n) is 6.39. The van der Waals surface area contributed by atoms with Crippen LogP contribution in [0.5, 0.6) is 0 Å². The van der Waals surface area contributed by atoms with Gasteiger partial charge < -0.3 is 10.1 Å². The van der Waals surface area contributed by atoms with Crippen LogP contribution in [0, 0.1) is 5.82 Å². The highest BCUT2D eigenvalue weighted by atomic mass is 35.5. The molecule has 0 aromatic heterocycles. The first-order chi connectivity index (χ1) is 12.8. The van der Waals surface area contributed by atoms with E-state index in [-0.39, 0.29) is 22.9 Å². The molecule has 2 rings (SSSR count). The smallest absolute Gasteiger partial charge is 0.311 e. The number of carbonyl (C=O) groups is 2. The molecule has 0 radical (unpaired) electrons. The van der Waals surface area contributed by atoms with Gasteiger partial charge in [-0.1, -0.05) is 49.7 Å². The van der Waals surface area contributed by atoms with Crippen molar-refractivity contribution in [1.82, 2.24) is 0 Å².